The van der Waals surface area contributed by atoms with E-state index in [2.05, 4.69) is 30.9 Å². The van der Waals surface area contributed by atoms with Crippen LogP contribution in [0.2, 0.25) is 0 Å². The van der Waals surface area contributed by atoms with E-state index in [9.17, 15) is 5.11 Å². The molecule has 1 heterocycles. The molecule has 6 nitrogen and oxygen atoms in total. The number of aliphatic hydroxyl groups excluding tert-OH is 1. The smallest absolute Gasteiger partial charge is 0.222 e. The molecule has 0 amide bonds. The molecule has 1 atom stereocenters. The molecule has 0 unspecified atom stereocenters. The zero-order chi connectivity index (χ0) is 21.5. The van der Waals surface area contributed by atoms with Crippen LogP contribution in [0.15, 0.2) is 60.7 Å². The number of methoxy groups -OCH3 is 1. The van der Waals surface area contributed by atoms with Crippen LogP contribution in [0.4, 0.5) is 0 Å². The van der Waals surface area contributed by atoms with E-state index in [1.54, 1.807) is 11.8 Å². The van der Waals surface area contributed by atoms with Crippen LogP contribution < -0.4 is 4.74 Å². The molecule has 0 aliphatic rings. The fourth-order valence-electron chi connectivity index (χ4n) is 3.43. The minimum atomic E-state index is -0.562. The van der Waals surface area contributed by atoms with Gasteiger partial charge in [0.05, 0.1) is 18.3 Å². The van der Waals surface area contributed by atoms with Gasteiger partial charge in [-0.3, -0.25) is 4.90 Å². The first-order valence-electron chi connectivity index (χ1n) is 10.2. The molecule has 30 heavy (non-hydrogen) atoms. The standard InChI is InChI=1S/C24H31N3O3/c1-18(2)27(15-20(28)17-29-4)16-22-23(19-11-7-5-8-12-19)25-26(3)24(22)30-21-13-9-6-10-14-21/h5-14,18,20,28H,15-17H2,1-4H3/t20-/m1/s1. The monoisotopic (exact) mass is 409 g/mol. The average molecular weight is 410 g/mol. The van der Waals surface area contributed by atoms with Gasteiger partial charge in [0.1, 0.15) is 11.4 Å². The molecular formula is C24H31N3O3. The Bertz CT molecular complexity index is 910. The van der Waals surface area contributed by atoms with Gasteiger partial charge in [0.25, 0.3) is 0 Å². The molecule has 0 spiro atoms. The second kappa shape index (κ2) is 10.4. The predicted octanol–water partition coefficient (Wildman–Crippen LogP) is 4.10. The van der Waals surface area contributed by atoms with E-state index in [0.717, 1.165) is 22.6 Å². The number of aliphatic hydroxyl groups is 1. The van der Waals surface area contributed by atoms with Crippen LogP contribution in [0, 0.1) is 0 Å². The molecule has 1 N–H and O–H groups in total. The van der Waals surface area contributed by atoms with Gasteiger partial charge in [0.15, 0.2) is 0 Å². The van der Waals surface area contributed by atoms with E-state index in [1.807, 2.05) is 55.6 Å². The quantitative estimate of drug-likeness (QED) is 0.546. The van der Waals surface area contributed by atoms with Crippen LogP contribution >= 0.6 is 0 Å². The zero-order valence-corrected chi connectivity index (χ0v) is 18.2. The number of hydrogen-bond acceptors (Lipinski definition) is 5. The zero-order valence-electron chi connectivity index (χ0n) is 18.2. The van der Waals surface area contributed by atoms with Crippen LogP contribution in [0.1, 0.15) is 19.4 Å². The second-order valence-corrected chi connectivity index (χ2v) is 7.67. The van der Waals surface area contributed by atoms with Crippen LogP contribution in [0.5, 0.6) is 11.6 Å². The highest BCUT2D eigenvalue weighted by Gasteiger charge is 2.24. The molecule has 0 fully saturated rings. The number of aryl methyl sites for hydroxylation is 1. The van der Waals surface area contributed by atoms with Gasteiger partial charge in [-0.2, -0.15) is 5.10 Å². The molecule has 0 aliphatic heterocycles. The number of para-hydroxylation sites is 1. The third-order valence-electron chi connectivity index (χ3n) is 4.99. The molecule has 0 saturated carbocycles. The minimum Gasteiger partial charge on any atom is -0.439 e. The van der Waals surface area contributed by atoms with E-state index >= 15 is 0 Å². The van der Waals surface area contributed by atoms with Crippen LogP contribution in [0.3, 0.4) is 0 Å². The summed E-state index contributed by atoms with van der Waals surface area (Å²) in [6.45, 7) is 5.64. The van der Waals surface area contributed by atoms with Crippen molar-refractivity contribution in [2.75, 3.05) is 20.3 Å². The van der Waals surface area contributed by atoms with Crippen molar-refractivity contribution in [3.8, 4) is 22.9 Å². The van der Waals surface area contributed by atoms with Crippen LogP contribution in [0.25, 0.3) is 11.3 Å². The molecule has 3 aromatic rings. The summed E-state index contributed by atoms with van der Waals surface area (Å²) in [7, 11) is 3.50. The molecule has 0 saturated heterocycles. The first-order valence-corrected chi connectivity index (χ1v) is 10.2. The highest BCUT2D eigenvalue weighted by Crippen LogP contribution is 2.34. The highest BCUT2D eigenvalue weighted by molar-refractivity contribution is 5.65. The van der Waals surface area contributed by atoms with Gasteiger partial charge in [-0.05, 0) is 26.0 Å². The van der Waals surface area contributed by atoms with Gasteiger partial charge in [-0.15, -0.1) is 0 Å². The van der Waals surface area contributed by atoms with Crippen LogP contribution in [-0.4, -0.2) is 52.2 Å². The lowest BCUT2D eigenvalue weighted by Crippen LogP contribution is -2.38. The predicted molar refractivity (Wildman–Crippen MR) is 119 cm³/mol. The molecule has 160 valence electrons. The maximum Gasteiger partial charge on any atom is 0.222 e. The number of aromatic nitrogens is 2. The van der Waals surface area contributed by atoms with Crippen molar-refractivity contribution >= 4 is 0 Å². The van der Waals surface area contributed by atoms with Crippen molar-refractivity contribution in [3.63, 3.8) is 0 Å². The first-order chi connectivity index (χ1) is 14.5. The Morgan fingerprint density at radius 2 is 1.67 bits per heavy atom. The van der Waals surface area contributed by atoms with Gasteiger partial charge >= 0.3 is 0 Å². The Balaban J connectivity index is 2.00. The van der Waals surface area contributed by atoms with Gasteiger partial charge in [-0.25, -0.2) is 4.68 Å². The summed E-state index contributed by atoms with van der Waals surface area (Å²) in [6.07, 6.45) is -0.562. The van der Waals surface area contributed by atoms with E-state index < -0.39 is 6.10 Å². The lowest BCUT2D eigenvalue weighted by atomic mass is 10.1. The summed E-state index contributed by atoms with van der Waals surface area (Å²) in [6, 6.07) is 20.1. The maximum absolute atomic E-state index is 10.3. The number of hydrogen-bond donors (Lipinski definition) is 1. The van der Waals surface area contributed by atoms with E-state index in [1.165, 1.54) is 0 Å². The number of ether oxygens (including phenoxy) is 2. The van der Waals surface area contributed by atoms with Gasteiger partial charge < -0.3 is 14.6 Å². The molecule has 0 radical (unpaired) electrons. The first kappa shape index (κ1) is 22.0. The summed E-state index contributed by atoms with van der Waals surface area (Å²) >= 11 is 0. The summed E-state index contributed by atoms with van der Waals surface area (Å²) in [4.78, 5) is 2.21. The van der Waals surface area contributed by atoms with E-state index in [0.29, 0.717) is 25.6 Å². The third-order valence-corrected chi connectivity index (χ3v) is 4.99. The summed E-state index contributed by atoms with van der Waals surface area (Å²) < 4.78 is 13.2. The Kier molecular flexibility index (Phi) is 7.63. The topological polar surface area (TPSA) is 59.8 Å². The van der Waals surface area contributed by atoms with Crippen molar-refractivity contribution in [2.24, 2.45) is 7.05 Å². The molecule has 0 aliphatic carbocycles. The van der Waals surface area contributed by atoms with Crippen molar-refractivity contribution in [2.45, 2.75) is 32.5 Å². The SMILES string of the molecule is COC[C@H](O)CN(Cc1c(-c2ccccc2)nn(C)c1Oc1ccccc1)C(C)C. The van der Waals surface area contributed by atoms with Gasteiger partial charge in [0.2, 0.25) is 5.88 Å². The normalized spacial score (nSPS) is 12.5. The highest BCUT2D eigenvalue weighted by atomic mass is 16.5. The summed E-state index contributed by atoms with van der Waals surface area (Å²) in [5.74, 6) is 1.46. The second-order valence-electron chi connectivity index (χ2n) is 7.67. The van der Waals surface area contributed by atoms with Gasteiger partial charge in [0, 0.05) is 38.9 Å². The maximum atomic E-state index is 10.3. The fraction of sp³-hybridized carbons (Fsp3) is 0.375. The molecule has 3 rings (SSSR count). The van der Waals surface area contributed by atoms with E-state index in [-0.39, 0.29) is 6.04 Å². The molecular weight excluding hydrogens is 378 g/mol. The van der Waals surface area contributed by atoms with Crippen LogP contribution in [-0.2, 0) is 18.3 Å². The molecule has 0 bridgehead atoms. The number of rotatable bonds is 10. The fourth-order valence-corrected chi connectivity index (χ4v) is 3.43. The van der Waals surface area contributed by atoms with Crippen molar-refractivity contribution in [1.82, 2.24) is 14.7 Å². The Hall–Kier alpha value is -2.67. The Labute approximate surface area is 178 Å². The van der Waals surface area contributed by atoms with E-state index in [4.69, 9.17) is 14.6 Å². The summed E-state index contributed by atoms with van der Waals surface area (Å²) in [5, 5.41) is 15.1. The number of nitrogens with zero attached hydrogens (tertiary/aromatic N) is 3. The lowest BCUT2D eigenvalue weighted by Gasteiger charge is -2.29. The molecule has 6 heteroatoms. The minimum absolute atomic E-state index is 0.227. The molecule has 2 aromatic carbocycles. The summed E-state index contributed by atoms with van der Waals surface area (Å²) in [5.41, 5.74) is 2.91. The Morgan fingerprint density at radius 3 is 2.27 bits per heavy atom. The average Bonchev–Trinajstić information content (AvgIpc) is 3.04. The Morgan fingerprint density at radius 1 is 1.03 bits per heavy atom. The van der Waals surface area contributed by atoms with Crippen molar-refractivity contribution < 1.29 is 14.6 Å². The molecule has 1 aromatic heterocycles. The largest absolute Gasteiger partial charge is 0.439 e. The van der Waals surface area contributed by atoms with Gasteiger partial charge in [-0.1, -0.05) is 48.5 Å². The van der Waals surface area contributed by atoms with Crippen molar-refractivity contribution in [3.05, 3.63) is 66.2 Å². The lowest BCUT2D eigenvalue weighted by molar-refractivity contribution is 0.0278. The van der Waals surface area contributed by atoms with Crippen molar-refractivity contribution in [1.29, 1.82) is 0 Å². The number of benzene rings is 2. The third kappa shape index (κ3) is 5.48.